The molecule has 3 heterocycles. The van der Waals surface area contributed by atoms with E-state index in [1.807, 2.05) is 0 Å². The molecule has 3 heteroatoms. The van der Waals surface area contributed by atoms with Crippen LogP contribution in [0.2, 0.25) is 0 Å². The molecule has 0 saturated carbocycles. The fourth-order valence-electron chi connectivity index (χ4n) is 7.02. The van der Waals surface area contributed by atoms with Gasteiger partial charge in [-0.1, -0.05) is 103 Å². The van der Waals surface area contributed by atoms with E-state index in [0.29, 0.717) is 0 Å². The quantitative estimate of drug-likeness (QED) is 0.213. The predicted molar refractivity (Wildman–Crippen MR) is 165 cm³/mol. The molecule has 6 aromatic carbocycles. The number of rotatable bonds is 1. The SMILES string of the molecule is c1ccc2c(c1)B1c3ccccc3-c3cc(-n4c5ccccc5c5ccccc54)ccc3N1c1ccccc1-2. The predicted octanol–water partition coefficient (Wildman–Crippen LogP) is 7.69. The molecule has 0 spiro atoms. The largest absolute Gasteiger partial charge is 0.376 e. The van der Waals surface area contributed by atoms with Gasteiger partial charge in [0.05, 0.1) is 11.0 Å². The lowest BCUT2D eigenvalue weighted by molar-refractivity contribution is 1.18. The summed E-state index contributed by atoms with van der Waals surface area (Å²) in [6, 6.07) is 51.2. The zero-order chi connectivity index (χ0) is 25.5. The van der Waals surface area contributed by atoms with E-state index in [1.54, 1.807) is 0 Å². The third-order valence-corrected chi connectivity index (χ3v) is 8.59. The average molecular weight is 494 g/mol. The van der Waals surface area contributed by atoms with Crippen LogP contribution in [0.3, 0.4) is 0 Å². The van der Waals surface area contributed by atoms with Crippen molar-refractivity contribution in [2.45, 2.75) is 0 Å². The Morgan fingerprint density at radius 1 is 0.410 bits per heavy atom. The number of fused-ring (bicyclic) bond motifs is 14. The lowest BCUT2D eigenvalue weighted by atomic mass is 9.43. The fraction of sp³-hybridized carbons (Fsp3) is 0. The van der Waals surface area contributed by atoms with Crippen LogP contribution < -0.4 is 15.7 Å². The Morgan fingerprint density at radius 2 is 0.923 bits per heavy atom. The zero-order valence-electron chi connectivity index (χ0n) is 21.3. The second-order valence-electron chi connectivity index (χ2n) is 10.5. The lowest BCUT2D eigenvalue weighted by Crippen LogP contribution is -2.59. The summed E-state index contributed by atoms with van der Waals surface area (Å²) >= 11 is 0. The Bertz CT molecular complexity index is 2050. The first-order valence-electron chi connectivity index (χ1n) is 13.6. The number of hydrogen-bond acceptors (Lipinski definition) is 1. The van der Waals surface area contributed by atoms with E-state index in [2.05, 4.69) is 149 Å². The van der Waals surface area contributed by atoms with E-state index in [1.165, 1.54) is 72.0 Å². The van der Waals surface area contributed by atoms with Gasteiger partial charge in [0, 0.05) is 39.0 Å². The number of hydrogen-bond donors (Lipinski definition) is 0. The van der Waals surface area contributed by atoms with E-state index in [9.17, 15) is 0 Å². The van der Waals surface area contributed by atoms with Gasteiger partial charge in [-0.3, -0.25) is 0 Å². The van der Waals surface area contributed by atoms with Crippen LogP contribution in [0.25, 0.3) is 49.7 Å². The minimum atomic E-state index is 0.138. The molecule has 0 radical (unpaired) electrons. The summed E-state index contributed by atoms with van der Waals surface area (Å²) in [6.07, 6.45) is 0. The summed E-state index contributed by atoms with van der Waals surface area (Å²) in [5.74, 6) is 0. The van der Waals surface area contributed by atoms with Gasteiger partial charge in [0.1, 0.15) is 0 Å². The highest BCUT2D eigenvalue weighted by atomic mass is 15.1. The minimum absolute atomic E-state index is 0.138. The van der Waals surface area contributed by atoms with Gasteiger partial charge in [0.25, 0.3) is 0 Å². The fourth-order valence-corrected chi connectivity index (χ4v) is 7.02. The molecule has 1 aromatic heterocycles. The first kappa shape index (κ1) is 21.0. The Kier molecular flexibility index (Phi) is 4.17. The van der Waals surface area contributed by atoms with Crippen molar-refractivity contribution in [2.75, 3.05) is 4.81 Å². The number of benzene rings is 6. The normalized spacial score (nSPS) is 13.0. The van der Waals surface area contributed by atoms with Crippen LogP contribution in [-0.2, 0) is 0 Å². The third kappa shape index (κ3) is 2.77. The molecule has 39 heavy (non-hydrogen) atoms. The summed E-state index contributed by atoms with van der Waals surface area (Å²) in [6.45, 7) is 0.138. The highest BCUT2D eigenvalue weighted by molar-refractivity contribution is 6.92. The summed E-state index contributed by atoms with van der Waals surface area (Å²) in [4.78, 5) is 2.56. The van der Waals surface area contributed by atoms with E-state index in [4.69, 9.17) is 0 Å². The van der Waals surface area contributed by atoms with Crippen molar-refractivity contribution < 1.29 is 0 Å². The van der Waals surface area contributed by atoms with Crippen LogP contribution in [-0.4, -0.2) is 11.4 Å². The maximum Gasteiger partial charge on any atom is 0.329 e. The molecule has 2 nitrogen and oxygen atoms in total. The monoisotopic (exact) mass is 494 g/mol. The molecular weight excluding hydrogens is 471 g/mol. The highest BCUT2D eigenvalue weighted by Gasteiger charge is 2.41. The highest BCUT2D eigenvalue weighted by Crippen LogP contribution is 2.46. The molecule has 0 bridgehead atoms. The van der Waals surface area contributed by atoms with E-state index >= 15 is 0 Å². The Balaban J connectivity index is 1.35. The summed E-state index contributed by atoms with van der Waals surface area (Å²) in [5.41, 5.74) is 14.1. The molecule has 0 atom stereocenters. The van der Waals surface area contributed by atoms with Gasteiger partial charge in [-0.25, -0.2) is 0 Å². The number of nitrogens with zero attached hydrogens (tertiary/aromatic N) is 2. The van der Waals surface area contributed by atoms with Crippen molar-refractivity contribution >= 4 is 51.0 Å². The molecule has 0 fully saturated rings. The number of anilines is 2. The molecule has 0 aliphatic carbocycles. The Morgan fingerprint density at radius 3 is 1.62 bits per heavy atom. The van der Waals surface area contributed by atoms with Crippen LogP contribution >= 0.6 is 0 Å². The maximum absolute atomic E-state index is 2.56. The molecule has 0 unspecified atom stereocenters. The molecule has 0 N–H and O–H groups in total. The van der Waals surface area contributed by atoms with Crippen molar-refractivity contribution in [3.8, 4) is 27.9 Å². The second kappa shape index (κ2) is 7.75. The van der Waals surface area contributed by atoms with Gasteiger partial charge in [-0.2, -0.15) is 0 Å². The minimum Gasteiger partial charge on any atom is -0.376 e. The van der Waals surface area contributed by atoms with Gasteiger partial charge >= 0.3 is 6.85 Å². The van der Waals surface area contributed by atoms with Gasteiger partial charge in [0.15, 0.2) is 0 Å². The molecule has 7 aromatic rings. The van der Waals surface area contributed by atoms with Crippen molar-refractivity contribution in [3.63, 3.8) is 0 Å². The summed E-state index contributed by atoms with van der Waals surface area (Å²) in [5, 5.41) is 2.57. The topological polar surface area (TPSA) is 8.17 Å². The Labute approximate surface area is 227 Å². The van der Waals surface area contributed by atoms with Gasteiger partial charge in [-0.05, 0) is 58.5 Å². The van der Waals surface area contributed by atoms with Gasteiger partial charge < -0.3 is 9.38 Å². The standard InChI is InChI=1S/C36H23BN2/c1-6-16-31-25(11-1)27-13-5-10-20-35(27)39-36-22-21-24(23-30(36)26-12-2-7-17-32(26)37(31)39)38-33-18-8-3-14-28(33)29-15-4-9-19-34(29)38/h1-23H. The van der Waals surface area contributed by atoms with Crippen LogP contribution in [0.4, 0.5) is 11.4 Å². The second-order valence-corrected chi connectivity index (χ2v) is 10.5. The van der Waals surface area contributed by atoms with Crippen LogP contribution in [0.5, 0.6) is 0 Å². The van der Waals surface area contributed by atoms with E-state index in [0.717, 1.165) is 0 Å². The molecular formula is C36H23BN2. The van der Waals surface area contributed by atoms with Gasteiger partial charge in [-0.15, -0.1) is 0 Å². The van der Waals surface area contributed by atoms with Crippen molar-refractivity contribution in [1.29, 1.82) is 0 Å². The number of aromatic nitrogens is 1. The van der Waals surface area contributed by atoms with Crippen LogP contribution in [0.15, 0.2) is 140 Å². The summed E-state index contributed by atoms with van der Waals surface area (Å²) in [7, 11) is 0. The van der Waals surface area contributed by atoms with Crippen molar-refractivity contribution in [1.82, 2.24) is 4.57 Å². The summed E-state index contributed by atoms with van der Waals surface area (Å²) < 4.78 is 2.42. The van der Waals surface area contributed by atoms with E-state index in [-0.39, 0.29) is 6.85 Å². The molecule has 0 saturated heterocycles. The maximum atomic E-state index is 2.56. The molecule has 0 amide bonds. The third-order valence-electron chi connectivity index (χ3n) is 8.59. The first-order valence-corrected chi connectivity index (χ1v) is 13.6. The van der Waals surface area contributed by atoms with E-state index < -0.39 is 0 Å². The molecule has 2 aliphatic rings. The first-order chi connectivity index (χ1) is 19.4. The molecule has 2 aliphatic heterocycles. The van der Waals surface area contributed by atoms with Crippen LogP contribution in [0.1, 0.15) is 0 Å². The zero-order valence-corrected chi connectivity index (χ0v) is 21.3. The lowest BCUT2D eigenvalue weighted by Gasteiger charge is -2.43. The van der Waals surface area contributed by atoms with Crippen molar-refractivity contribution in [3.05, 3.63) is 140 Å². The van der Waals surface area contributed by atoms with Crippen molar-refractivity contribution in [2.24, 2.45) is 0 Å². The molecule has 9 rings (SSSR count). The van der Waals surface area contributed by atoms with Crippen LogP contribution in [0, 0.1) is 0 Å². The number of para-hydroxylation sites is 3. The molecule has 180 valence electrons. The average Bonchev–Trinajstić information content (AvgIpc) is 3.35. The smallest absolute Gasteiger partial charge is 0.329 e. The Hall–Kier alpha value is -5.02. The van der Waals surface area contributed by atoms with Gasteiger partial charge in [0.2, 0.25) is 0 Å².